The maximum absolute atomic E-state index is 13.8. The van der Waals surface area contributed by atoms with Crippen LogP contribution in [0.1, 0.15) is 23.2 Å². The summed E-state index contributed by atoms with van der Waals surface area (Å²) in [6.07, 6.45) is 4.90. The Balaban J connectivity index is 1.95. The normalized spacial score (nSPS) is 15.1. The molecule has 1 aliphatic rings. The molecule has 0 saturated carbocycles. The van der Waals surface area contributed by atoms with Crippen molar-refractivity contribution in [1.82, 2.24) is 4.90 Å². The van der Waals surface area contributed by atoms with Crippen molar-refractivity contribution in [1.29, 1.82) is 0 Å². The third kappa shape index (κ3) is 5.46. The zero-order valence-corrected chi connectivity index (χ0v) is 20.9. The maximum Gasteiger partial charge on any atom is 0.256 e. The number of carbonyl (C=O) groups excluding carboxylic acids is 1. The molecule has 1 heterocycles. The molecule has 3 aromatic carbocycles. The van der Waals surface area contributed by atoms with Crippen molar-refractivity contribution in [3.63, 3.8) is 0 Å². The van der Waals surface area contributed by atoms with Crippen molar-refractivity contribution in [2.75, 3.05) is 23.7 Å². The van der Waals surface area contributed by atoms with Crippen LogP contribution in [0.5, 0.6) is 0 Å². The zero-order chi connectivity index (χ0) is 23.8. The van der Waals surface area contributed by atoms with Crippen LogP contribution in [0.3, 0.4) is 0 Å². The Hall–Kier alpha value is -1.86. The van der Waals surface area contributed by atoms with Crippen LogP contribution in [0.4, 0.5) is 5.69 Å². The second-order valence-electron chi connectivity index (χ2n) is 7.94. The second-order valence-corrected chi connectivity index (χ2v) is 12.3. The molecule has 1 amide bonds. The van der Waals surface area contributed by atoms with Crippen molar-refractivity contribution in [3.05, 3.63) is 70.2 Å². The molecule has 0 radical (unpaired) electrons. The Labute approximate surface area is 205 Å². The second kappa shape index (κ2) is 9.79. The maximum atomic E-state index is 13.8. The SMILES string of the molecule is C=P(O)(O)CN(c1c(C(=O)N2CCCC2)ccc2ccccc12)S(=O)c1cc(Cl)cc(Cl)c1. The number of hydrogen-bond acceptors (Lipinski definition) is 4. The number of benzene rings is 3. The quantitative estimate of drug-likeness (QED) is 0.438. The molecule has 0 aromatic heterocycles. The lowest BCUT2D eigenvalue weighted by Gasteiger charge is -2.30. The molecule has 1 fully saturated rings. The first kappa shape index (κ1) is 24.3. The van der Waals surface area contributed by atoms with Gasteiger partial charge in [0.1, 0.15) is 7.34 Å². The van der Waals surface area contributed by atoms with Gasteiger partial charge in [0, 0.05) is 28.5 Å². The fraction of sp³-hybridized carbons (Fsp3) is 0.217. The summed E-state index contributed by atoms with van der Waals surface area (Å²) in [5.41, 5.74) is 0.695. The summed E-state index contributed by atoms with van der Waals surface area (Å²) < 4.78 is 15.2. The van der Waals surface area contributed by atoms with Gasteiger partial charge >= 0.3 is 0 Å². The minimum absolute atomic E-state index is 0.191. The van der Waals surface area contributed by atoms with Crippen LogP contribution in [-0.2, 0) is 11.0 Å². The minimum Gasteiger partial charge on any atom is -0.352 e. The Kier molecular flexibility index (Phi) is 7.20. The van der Waals surface area contributed by atoms with E-state index in [2.05, 4.69) is 6.30 Å². The molecule has 1 atom stereocenters. The Morgan fingerprint density at radius 2 is 1.70 bits per heavy atom. The minimum atomic E-state index is -3.70. The molecular weight excluding hydrogens is 502 g/mol. The highest BCUT2D eigenvalue weighted by Gasteiger charge is 2.30. The summed E-state index contributed by atoms with van der Waals surface area (Å²) >= 11 is 12.3. The molecular formula is C23H23Cl2N2O4PS. The molecule has 1 unspecified atom stereocenters. The molecule has 1 aliphatic heterocycles. The van der Waals surface area contributed by atoms with E-state index in [-0.39, 0.29) is 10.8 Å². The molecule has 0 bridgehead atoms. The van der Waals surface area contributed by atoms with Crippen LogP contribution in [0.25, 0.3) is 10.8 Å². The van der Waals surface area contributed by atoms with Gasteiger partial charge < -0.3 is 14.7 Å². The van der Waals surface area contributed by atoms with Crippen molar-refractivity contribution < 1.29 is 18.8 Å². The van der Waals surface area contributed by atoms with E-state index in [0.717, 1.165) is 18.2 Å². The highest BCUT2D eigenvalue weighted by Crippen LogP contribution is 2.42. The van der Waals surface area contributed by atoms with Crippen molar-refractivity contribution >= 4 is 70.2 Å². The summed E-state index contributed by atoms with van der Waals surface area (Å²) in [6, 6.07) is 15.4. The predicted octanol–water partition coefficient (Wildman–Crippen LogP) is 5.13. The van der Waals surface area contributed by atoms with Crippen LogP contribution in [0.2, 0.25) is 10.0 Å². The van der Waals surface area contributed by atoms with E-state index in [1.54, 1.807) is 11.0 Å². The van der Waals surface area contributed by atoms with E-state index in [4.69, 9.17) is 23.2 Å². The Morgan fingerprint density at radius 1 is 1.06 bits per heavy atom. The molecule has 0 aliphatic carbocycles. The first-order chi connectivity index (χ1) is 15.6. The monoisotopic (exact) mass is 524 g/mol. The largest absolute Gasteiger partial charge is 0.352 e. The molecule has 33 heavy (non-hydrogen) atoms. The first-order valence-electron chi connectivity index (χ1n) is 10.3. The van der Waals surface area contributed by atoms with Gasteiger partial charge in [-0.1, -0.05) is 59.8 Å². The fourth-order valence-corrected chi connectivity index (χ4v) is 7.21. The van der Waals surface area contributed by atoms with E-state index < -0.39 is 24.6 Å². The lowest BCUT2D eigenvalue weighted by molar-refractivity contribution is 0.0793. The van der Waals surface area contributed by atoms with Crippen LogP contribution < -0.4 is 4.31 Å². The van der Waals surface area contributed by atoms with Gasteiger partial charge in [0.2, 0.25) is 0 Å². The third-order valence-corrected chi connectivity index (χ3v) is 8.08. The first-order valence-corrected chi connectivity index (χ1v) is 14.2. The van der Waals surface area contributed by atoms with Gasteiger partial charge in [-0.15, -0.1) is 0 Å². The van der Waals surface area contributed by atoms with E-state index in [0.29, 0.717) is 39.8 Å². The van der Waals surface area contributed by atoms with Crippen molar-refractivity contribution in [2.24, 2.45) is 0 Å². The van der Waals surface area contributed by atoms with Gasteiger partial charge in [0.25, 0.3) is 5.91 Å². The topological polar surface area (TPSA) is 81.1 Å². The third-order valence-electron chi connectivity index (χ3n) is 5.37. The smallest absolute Gasteiger partial charge is 0.256 e. The summed E-state index contributed by atoms with van der Waals surface area (Å²) in [5, 5.41) is 2.07. The molecule has 2 N–H and O–H groups in total. The number of likely N-dealkylation sites (tertiary alicyclic amines) is 1. The Morgan fingerprint density at radius 3 is 2.33 bits per heavy atom. The van der Waals surface area contributed by atoms with E-state index >= 15 is 0 Å². The molecule has 10 heteroatoms. The zero-order valence-electron chi connectivity index (χ0n) is 17.7. The lowest BCUT2D eigenvalue weighted by atomic mass is 10.0. The van der Waals surface area contributed by atoms with Gasteiger partial charge in [0.05, 0.1) is 22.4 Å². The molecule has 174 valence electrons. The van der Waals surface area contributed by atoms with Gasteiger partial charge in [-0.25, -0.2) is 4.21 Å². The van der Waals surface area contributed by atoms with Crippen LogP contribution in [0, 0.1) is 0 Å². The number of rotatable bonds is 6. The fourth-order valence-electron chi connectivity index (χ4n) is 3.96. The van der Waals surface area contributed by atoms with Gasteiger partial charge in [-0.05, 0) is 42.5 Å². The van der Waals surface area contributed by atoms with Crippen LogP contribution in [0.15, 0.2) is 59.5 Å². The van der Waals surface area contributed by atoms with Crippen LogP contribution >= 0.6 is 30.5 Å². The van der Waals surface area contributed by atoms with Crippen LogP contribution in [-0.4, -0.2) is 50.5 Å². The standard InChI is InChI=1S/C23H23Cl2N2O4PS/c1-32(29,30)15-27(33(31)19-13-17(24)12-18(25)14-19)22-20-7-3-2-6-16(20)8-9-21(22)23(28)26-10-4-5-11-26/h2-3,6-9,12-14,29-30H,1,4-5,10-11,15H2. The average molecular weight is 525 g/mol. The number of nitrogens with zero attached hydrogens (tertiary/aromatic N) is 2. The highest BCUT2D eigenvalue weighted by molar-refractivity contribution is 7.87. The lowest BCUT2D eigenvalue weighted by Crippen LogP contribution is -2.33. The number of hydrogen-bond donors (Lipinski definition) is 2. The van der Waals surface area contributed by atoms with E-state index in [1.165, 1.54) is 22.5 Å². The summed E-state index contributed by atoms with van der Waals surface area (Å²) in [5.74, 6) is -0.191. The van der Waals surface area contributed by atoms with E-state index in [9.17, 15) is 18.8 Å². The summed E-state index contributed by atoms with van der Waals surface area (Å²) in [7, 11) is -5.66. The number of amides is 1. The number of anilines is 1. The summed E-state index contributed by atoms with van der Waals surface area (Å²) in [6.45, 7) is 1.29. The number of halogens is 2. The van der Waals surface area contributed by atoms with Crippen molar-refractivity contribution in [3.8, 4) is 0 Å². The van der Waals surface area contributed by atoms with Gasteiger partial charge in [0.15, 0.2) is 11.0 Å². The predicted molar refractivity (Wildman–Crippen MR) is 138 cm³/mol. The Bertz CT molecular complexity index is 1270. The molecule has 0 spiro atoms. The number of fused-ring (bicyclic) bond motifs is 1. The molecule has 6 nitrogen and oxygen atoms in total. The summed E-state index contributed by atoms with van der Waals surface area (Å²) in [4.78, 5) is 36.1. The average Bonchev–Trinajstić information content (AvgIpc) is 3.29. The molecule has 1 saturated heterocycles. The van der Waals surface area contributed by atoms with Crippen molar-refractivity contribution in [2.45, 2.75) is 17.7 Å². The van der Waals surface area contributed by atoms with E-state index in [1.807, 2.05) is 30.3 Å². The highest BCUT2D eigenvalue weighted by atomic mass is 35.5. The molecule has 3 aromatic rings. The number of carbonyl (C=O) groups is 1. The molecule has 4 rings (SSSR count). The van der Waals surface area contributed by atoms with Gasteiger partial charge in [-0.2, -0.15) is 0 Å². The van der Waals surface area contributed by atoms with Gasteiger partial charge in [-0.3, -0.25) is 9.10 Å².